The van der Waals surface area contributed by atoms with Gasteiger partial charge in [0.2, 0.25) is 0 Å². The standard InChI is InChI=1S/C27H47F3O2.C26H45F3O2/c1-2-3-4-5-6-8-21-10-12-23(13-11-21)24-14-16-25(17-15-24)26-31-19-22(20-32-26)9-7-18-27(28,29)30;1-2-3-4-5-7-20-9-11-22(12-10-20)23-13-15-24(16-14-23)25-30-18-21(19-31-25)8-6-17-26(27,28)29/h21-26H,2-20H2,1H3;20-25H,2-19H2,1H3. The van der Waals surface area contributed by atoms with Gasteiger partial charge in [0.25, 0.3) is 0 Å². The molecule has 4 aliphatic carbocycles. The van der Waals surface area contributed by atoms with Crippen LogP contribution in [0.5, 0.6) is 0 Å². The molecule has 0 unspecified atom stereocenters. The number of alkyl halides is 6. The van der Waals surface area contributed by atoms with E-state index in [4.69, 9.17) is 18.9 Å². The van der Waals surface area contributed by atoms with E-state index in [2.05, 4.69) is 13.8 Å². The third-order valence-corrected chi connectivity index (χ3v) is 16.8. The highest BCUT2D eigenvalue weighted by atomic mass is 19.4. The van der Waals surface area contributed by atoms with Crippen LogP contribution in [0.4, 0.5) is 26.3 Å². The SMILES string of the molecule is CCCCCCC1CCC(C2CCC(C3OCC(CCCC(F)(F)F)CO3)CC2)CC1.CCCCCCCC1CCC(C2CCC(C3OCC(CCCC(F)(F)F)CO3)CC2)CC1. The molecule has 6 rings (SSSR count). The van der Waals surface area contributed by atoms with Crippen molar-refractivity contribution in [2.24, 2.45) is 59.2 Å². The Morgan fingerprint density at radius 3 is 0.905 bits per heavy atom. The number of rotatable bonds is 21. The molecule has 0 aromatic carbocycles. The van der Waals surface area contributed by atoms with Crippen LogP contribution in [0.1, 0.15) is 226 Å². The Morgan fingerprint density at radius 2 is 0.587 bits per heavy atom. The van der Waals surface area contributed by atoms with Crippen LogP contribution < -0.4 is 0 Å². The monoisotopic (exact) mass is 907 g/mol. The van der Waals surface area contributed by atoms with E-state index in [1.807, 2.05) is 0 Å². The van der Waals surface area contributed by atoms with Crippen molar-refractivity contribution in [1.82, 2.24) is 0 Å². The second-order valence-corrected chi connectivity index (χ2v) is 21.8. The summed E-state index contributed by atoms with van der Waals surface area (Å²) in [7, 11) is 0. The lowest BCUT2D eigenvalue weighted by molar-refractivity contribution is -0.231. The quantitative estimate of drug-likeness (QED) is 0.0849. The summed E-state index contributed by atoms with van der Waals surface area (Å²) in [5, 5.41) is 0. The summed E-state index contributed by atoms with van der Waals surface area (Å²) < 4.78 is 97.8. The third-order valence-electron chi connectivity index (χ3n) is 16.8. The van der Waals surface area contributed by atoms with Crippen molar-refractivity contribution in [2.45, 2.75) is 251 Å². The highest BCUT2D eigenvalue weighted by Crippen LogP contribution is 2.45. The summed E-state index contributed by atoms with van der Waals surface area (Å²) in [5.41, 5.74) is 0. The lowest BCUT2D eigenvalue weighted by Gasteiger charge is -2.41. The van der Waals surface area contributed by atoms with E-state index in [0.29, 0.717) is 51.1 Å². The lowest BCUT2D eigenvalue weighted by atomic mass is 9.68. The molecule has 4 saturated carbocycles. The normalized spacial score (nSPS) is 34.9. The molecule has 0 N–H and O–H groups in total. The number of hydrogen-bond acceptors (Lipinski definition) is 4. The average molecular weight is 907 g/mol. The van der Waals surface area contributed by atoms with Gasteiger partial charge in [0.1, 0.15) is 0 Å². The van der Waals surface area contributed by atoms with Crippen LogP contribution in [0.2, 0.25) is 0 Å². The largest absolute Gasteiger partial charge is 0.389 e. The van der Waals surface area contributed by atoms with Gasteiger partial charge in [-0.3, -0.25) is 0 Å². The van der Waals surface area contributed by atoms with Gasteiger partial charge in [0, 0.05) is 36.5 Å². The van der Waals surface area contributed by atoms with Crippen LogP contribution in [0, 0.1) is 59.2 Å². The fraction of sp³-hybridized carbons (Fsp3) is 1.00. The van der Waals surface area contributed by atoms with Gasteiger partial charge in [-0.15, -0.1) is 0 Å². The van der Waals surface area contributed by atoms with Gasteiger partial charge in [-0.05, 0) is 138 Å². The predicted octanol–water partition coefficient (Wildman–Crippen LogP) is 17.0. The van der Waals surface area contributed by atoms with Crippen LogP contribution in [-0.4, -0.2) is 51.4 Å². The Kier molecular flexibility index (Phi) is 24.3. The Hall–Kier alpha value is -0.580. The molecule has 10 heteroatoms. The maximum absolute atomic E-state index is 12.3. The molecule has 0 bridgehead atoms. The number of ether oxygens (including phenoxy) is 4. The smallest absolute Gasteiger partial charge is 0.352 e. The zero-order chi connectivity index (χ0) is 44.9. The van der Waals surface area contributed by atoms with Crippen molar-refractivity contribution in [1.29, 1.82) is 0 Å². The Bertz CT molecular complexity index is 1140. The molecule has 0 radical (unpaired) electrons. The molecule has 370 valence electrons. The molecule has 6 fully saturated rings. The van der Waals surface area contributed by atoms with E-state index in [1.165, 1.54) is 173 Å². The minimum atomic E-state index is -4.05. The van der Waals surface area contributed by atoms with Crippen molar-refractivity contribution in [2.75, 3.05) is 26.4 Å². The molecule has 0 spiro atoms. The van der Waals surface area contributed by atoms with Crippen LogP contribution in [0.15, 0.2) is 0 Å². The molecule has 2 aliphatic heterocycles. The van der Waals surface area contributed by atoms with Gasteiger partial charge in [-0.2, -0.15) is 26.3 Å². The number of hydrogen-bond donors (Lipinski definition) is 0. The molecule has 4 nitrogen and oxygen atoms in total. The molecule has 0 aromatic rings. The predicted molar refractivity (Wildman–Crippen MR) is 242 cm³/mol. The zero-order valence-corrected chi connectivity index (χ0v) is 40.0. The fourth-order valence-corrected chi connectivity index (χ4v) is 12.7. The molecule has 0 amide bonds. The molecule has 63 heavy (non-hydrogen) atoms. The van der Waals surface area contributed by atoms with Gasteiger partial charge < -0.3 is 18.9 Å². The second kappa shape index (κ2) is 28.7. The summed E-state index contributed by atoms with van der Waals surface area (Å²) in [4.78, 5) is 0. The van der Waals surface area contributed by atoms with Gasteiger partial charge >= 0.3 is 12.4 Å². The third kappa shape index (κ3) is 20.7. The van der Waals surface area contributed by atoms with Gasteiger partial charge in [0.15, 0.2) is 12.6 Å². The van der Waals surface area contributed by atoms with Crippen molar-refractivity contribution in [3.8, 4) is 0 Å². The number of halogens is 6. The number of unbranched alkanes of at least 4 members (excludes halogenated alkanes) is 7. The first-order valence-electron chi connectivity index (χ1n) is 27.0. The topological polar surface area (TPSA) is 36.9 Å². The second-order valence-electron chi connectivity index (χ2n) is 21.8. The summed E-state index contributed by atoms with van der Waals surface area (Å²) in [6, 6.07) is 0. The van der Waals surface area contributed by atoms with Gasteiger partial charge in [-0.25, -0.2) is 0 Å². The van der Waals surface area contributed by atoms with Crippen LogP contribution in [-0.2, 0) is 18.9 Å². The van der Waals surface area contributed by atoms with Crippen molar-refractivity contribution in [3.05, 3.63) is 0 Å². The lowest BCUT2D eigenvalue weighted by Crippen LogP contribution is -2.39. The Labute approximate surface area is 380 Å². The van der Waals surface area contributed by atoms with E-state index in [0.717, 1.165) is 35.5 Å². The molecule has 6 aliphatic rings. The molecule has 2 saturated heterocycles. The average Bonchev–Trinajstić information content (AvgIpc) is 3.28. The fourth-order valence-electron chi connectivity index (χ4n) is 12.7. The van der Waals surface area contributed by atoms with E-state index < -0.39 is 25.2 Å². The molecular formula is C53H92F6O4. The summed E-state index contributed by atoms with van der Waals surface area (Å²) in [6.45, 7) is 6.81. The van der Waals surface area contributed by atoms with Crippen LogP contribution in [0.25, 0.3) is 0 Å². The Morgan fingerprint density at radius 1 is 0.317 bits per heavy atom. The molecule has 0 atom stereocenters. The summed E-state index contributed by atoms with van der Waals surface area (Å²) >= 11 is 0. The summed E-state index contributed by atoms with van der Waals surface area (Å²) in [6.07, 6.45) is 28.7. The summed E-state index contributed by atoms with van der Waals surface area (Å²) in [5.74, 6) is 6.78. The van der Waals surface area contributed by atoms with E-state index >= 15 is 0 Å². The van der Waals surface area contributed by atoms with E-state index in [-0.39, 0.29) is 37.3 Å². The first-order chi connectivity index (χ1) is 30.4. The maximum Gasteiger partial charge on any atom is 0.389 e. The van der Waals surface area contributed by atoms with Crippen LogP contribution in [0.3, 0.4) is 0 Å². The van der Waals surface area contributed by atoms with E-state index in [9.17, 15) is 26.3 Å². The molecule has 2 heterocycles. The first-order valence-corrected chi connectivity index (χ1v) is 27.0. The van der Waals surface area contributed by atoms with Crippen molar-refractivity contribution in [3.63, 3.8) is 0 Å². The van der Waals surface area contributed by atoms with E-state index in [1.54, 1.807) is 0 Å². The maximum atomic E-state index is 12.3. The van der Waals surface area contributed by atoms with Crippen molar-refractivity contribution < 1.29 is 45.3 Å². The Balaban J connectivity index is 0.000000238. The minimum absolute atomic E-state index is 0.117. The zero-order valence-electron chi connectivity index (χ0n) is 40.0. The molecular weight excluding hydrogens is 815 g/mol. The van der Waals surface area contributed by atoms with Gasteiger partial charge in [-0.1, -0.05) is 110 Å². The van der Waals surface area contributed by atoms with Crippen molar-refractivity contribution >= 4 is 0 Å². The first kappa shape index (κ1) is 53.4. The van der Waals surface area contributed by atoms with Gasteiger partial charge in [0.05, 0.1) is 26.4 Å². The minimum Gasteiger partial charge on any atom is -0.352 e. The highest BCUT2D eigenvalue weighted by molar-refractivity contribution is 4.85. The molecule has 0 aromatic heterocycles. The van der Waals surface area contributed by atoms with Crippen LogP contribution >= 0.6 is 0 Å². The highest BCUT2D eigenvalue weighted by Gasteiger charge is 2.38.